The third kappa shape index (κ3) is 4.67. The van der Waals surface area contributed by atoms with Gasteiger partial charge in [-0.05, 0) is 32.3 Å². The molecule has 0 radical (unpaired) electrons. The Morgan fingerprint density at radius 3 is 2.47 bits per heavy atom. The van der Waals surface area contributed by atoms with Gasteiger partial charge in [0.2, 0.25) is 5.91 Å². The molecule has 1 heterocycles. The van der Waals surface area contributed by atoms with Crippen LogP contribution in [0.3, 0.4) is 0 Å². The fourth-order valence-corrected chi connectivity index (χ4v) is 3.45. The van der Waals surface area contributed by atoms with E-state index in [1.807, 2.05) is 20.8 Å². The van der Waals surface area contributed by atoms with E-state index in [0.717, 1.165) is 17.8 Å². The molecule has 0 aliphatic carbocycles. The highest BCUT2D eigenvalue weighted by molar-refractivity contribution is 7.91. The molecule has 19 heavy (non-hydrogen) atoms. The number of nitrogens with two attached hydrogens (primary N) is 1. The number of sulfone groups is 1. The number of carbonyl (C=O) groups is 1. The van der Waals surface area contributed by atoms with Crippen molar-refractivity contribution in [3.05, 3.63) is 0 Å². The summed E-state index contributed by atoms with van der Waals surface area (Å²) in [5, 5.41) is 5.79. The van der Waals surface area contributed by atoms with Crippen LogP contribution in [0.25, 0.3) is 0 Å². The Kier molecular flexibility index (Phi) is 4.41. The Hall–Kier alpha value is -1.35. The van der Waals surface area contributed by atoms with Gasteiger partial charge in [-0.25, -0.2) is 8.42 Å². The Bertz CT molecular complexity index is 572. The topological polar surface area (TPSA) is 114 Å². The van der Waals surface area contributed by atoms with Crippen molar-refractivity contribution in [2.24, 2.45) is 0 Å². The highest BCUT2D eigenvalue weighted by Gasteiger charge is 2.22. The average molecular weight is 306 g/mol. The van der Waals surface area contributed by atoms with E-state index >= 15 is 0 Å². The Morgan fingerprint density at radius 2 is 2.00 bits per heavy atom. The summed E-state index contributed by atoms with van der Waals surface area (Å²) in [7, 11) is -3.48. The van der Waals surface area contributed by atoms with Crippen LogP contribution < -0.4 is 16.4 Å². The van der Waals surface area contributed by atoms with Crippen LogP contribution in [0.1, 0.15) is 20.8 Å². The van der Waals surface area contributed by atoms with Gasteiger partial charge in [0.05, 0.1) is 6.54 Å². The lowest BCUT2D eigenvalue weighted by Gasteiger charge is -2.20. The molecule has 7 nitrogen and oxygen atoms in total. The first kappa shape index (κ1) is 15.7. The predicted molar refractivity (Wildman–Crippen MR) is 76.0 cm³/mol. The predicted octanol–water partition coefficient (Wildman–Crippen LogP) is 0.455. The van der Waals surface area contributed by atoms with E-state index in [0.29, 0.717) is 0 Å². The molecule has 1 aromatic heterocycles. The second-order valence-corrected chi connectivity index (χ2v) is 7.88. The summed E-state index contributed by atoms with van der Waals surface area (Å²) < 4.78 is 26.9. The molecule has 0 aromatic carbocycles. The van der Waals surface area contributed by atoms with Crippen LogP contribution in [0, 0.1) is 0 Å². The van der Waals surface area contributed by atoms with Gasteiger partial charge in [0.15, 0.2) is 15.7 Å². The molecule has 0 aliphatic rings. The van der Waals surface area contributed by atoms with E-state index in [4.69, 9.17) is 5.73 Å². The zero-order valence-corrected chi connectivity index (χ0v) is 12.9. The highest BCUT2D eigenvalue weighted by Crippen LogP contribution is 2.30. The molecule has 1 amide bonds. The maximum Gasteiger partial charge on any atom is 0.239 e. The number of nitrogen functional groups attached to an aromatic ring is 1. The van der Waals surface area contributed by atoms with Crippen molar-refractivity contribution in [1.82, 2.24) is 9.69 Å². The maximum atomic E-state index is 11.6. The minimum atomic E-state index is -3.48. The molecule has 9 heteroatoms. The Labute approximate surface area is 116 Å². The summed E-state index contributed by atoms with van der Waals surface area (Å²) in [5.41, 5.74) is 5.17. The van der Waals surface area contributed by atoms with Crippen molar-refractivity contribution in [2.75, 3.05) is 23.9 Å². The van der Waals surface area contributed by atoms with Crippen molar-refractivity contribution in [3.63, 3.8) is 0 Å². The van der Waals surface area contributed by atoms with E-state index in [2.05, 4.69) is 15.0 Å². The number of anilines is 2. The van der Waals surface area contributed by atoms with Crippen LogP contribution in [0.2, 0.25) is 0 Å². The maximum absolute atomic E-state index is 11.6. The smallest absolute Gasteiger partial charge is 0.239 e. The minimum absolute atomic E-state index is 0.0403. The zero-order valence-electron chi connectivity index (χ0n) is 11.3. The van der Waals surface area contributed by atoms with Gasteiger partial charge in [0, 0.05) is 11.8 Å². The highest BCUT2D eigenvalue weighted by atomic mass is 32.2. The summed E-state index contributed by atoms with van der Waals surface area (Å²) in [6.45, 7) is 5.54. The second-order valence-electron chi connectivity index (χ2n) is 5.15. The van der Waals surface area contributed by atoms with Gasteiger partial charge in [-0.1, -0.05) is 0 Å². The first-order valence-corrected chi connectivity index (χ1v) is 8.17. The number of aromatic nitrogens is 1. The largest absolute Gasteiger partial charge is 0.382 e. The number of nitrogens with one attached hydrogen (secondary N) is 2. The molecule has 0 atom stereocenters. The van der Waals surface area contributed by atoms with Crippen LogP contribution in [0.15, 0.2) is 4.90 Å². The molecule has 0 unspecified atom stereocenters. The van der Waals surface area contributed by atoms with Crippen molar-refractivity contribution in [2.45, 2.75) is 31.2 Å². The summed E-state index contributed by atoms with van der Waals surface area (Å²) in [4.78, 5) is 11.6. The lowest BCUT2D eigenvalue weighted by atomic mass is 10.1. The number of rotatable bonds is 4. The average Bonchev–Trinajstić information content (AvgIpc) is 2.53. The monoisotopic (exact) mass is 306 g/mol. The van der Waals surface area contributed by atoms with Crippen molar-refractivity contribution in [3.8, 4) is 0 Å². The first-order chi connectivity index (χ1) is 8.50. The molecular weight excluding hydrogens is 288 g/mol. The number of hydrogen-bond donors (Lipinski definition) is 3. The Balaban J connectivity index is 2.78. The lowest BCUT2D eigenvalue weighted by Crippen LogP contribution is -2.43. The Morgan fingerprint density at radius 1 is 1.42 bits per heavy atom. The molecule has 1 rings (SSSR count). The number of amides is 1. The standard InChI is InChI=1S/C10H18N4O3S2/c1-10(2,3)13-6(15)5-12-9-7(19(4,16)17)8(11)14-18-9/h12H,5H2,1-4H3,(H2,11,14)(H,13,15). The fraction of sp³-hybridized carbons (Fsp3) is 0.600. The van der Waals surface area contributed by atoms with E-state index in [1.54, 1.807) is 0 Å². The zero-order chi connectivity index (χ0) is 14.8. The van der Waals surface area contributed by atoms with Gasteiger partial charge in [0.25, 0.3) is 0 Å². The lowest BCUT2D eigenvalue weighted by molar-refractivity contribution is -0.120. The molecule has 0 bridgehead atoms. The third-order valence-electron chi connectivity index (χ3n) is 1.97. The quantitative estimate of drug-likeness (QED) is 0.744. The van der Waals surface area contributed by atoms with Crippen LogP contribution in [-0.4, -0.2) is 37.0 Å². The van der Waals surface area contributed by atoms with Gasteiger partial charge in [-0.3, -0.25) is 4.79 Å². The van der Waals surface area contributed by atoms with Gasteiger partial charge < -0.3 is 16.4 Å². The van der Waals surface area contributed by atoms with Gasteiger partial charge in [-0.2, -0.15) is 4.37 Å². The molecule has 0 aliphatic heterocycles. The molecule has 0 spiro atoms. The van der Waals surface area contributed by atoms with E-state index in [1.165, 1.54) is 0 Å². The van der Waals surface area contributed by atoms with E-state index in [-0.39, 0.29) is 33.7 Å². The van der Waals surface area contributed by atoms with Crippen molar-refractivity contribution >= 4 is 38.1 Å². The van der Waals surface area contributed by atoms with Crippen LogP contribution in [0.5, 0.6) is 0 Å². The van der Waals surface area contributed by atoms with Crippen LogP contribution in [0.4, 0.5) is 10.8 Å². The summed E-state index contributed by atoms with van der Waals surface area (Å²) in [6.07, 6.45) is 1.05. The molecule has 0 saturated carbocycles. The van der Waals surface area contributed by atoms with Crippen LogP contribution in [-0.2, 0) is 14.6 Å². The van der Waals surface area contributed by atoms with Gasteiger partial charge in [-0.15, -0.1) is 0 Å². The summed E-state index contributed by atoms with van der Waals surface area (Å²) >= 11 is 0.918. The van der Waals surface area contributed by atoms with Crippen LogP contribution >= 0.6 is 11.5 Å². The number of carbonyl (C=O) groups excluding carboxylic acids is 1. The second kappa shape index (κ2) is 5.33. The van der Waals surface area contributed by atoms with Gasteiger partial charge >= 0.3 is 0 Å². The van der Waals surface area contributed by atoms with E-state index in [9.17, 15) is 13.2 Å². The summed E-state index contributed by atoms with van der Waals surface area (Å²) in [6, 6.07) is 0. The molecule has 4 N–H and O–H groups in total. The van der Waals surface area contributed by atoms with Gasteiger partial charge in [0.1, 0.15) is 9.90 Å². The molecule has 0 saturated heterocycles. The normalized spacial score (nSPS) is 12.2. The number of hydrogen-bond acceptors (Lipinski definition) is 7. The third-order valence-corrected chi connectivity index (χ3v) is 4.07. The molecule has 1 aromatic rings. The fourth-order valence-electron chi connectivity index (χ4n) is 1.39. The molecule has 0 fully saturated rings. The first-order valence-electron chi connectivity index (χ1n) is 5.51. The van der Waals surface area contributed by atoms with E-state index < -0.39 is 9.84 Å². The molecular formula is C10H18N4O3S2. The SMILES string of the molecule is CC(C)(C)NC(=O)CNc1snc(N)c1S(C)(=O)=O. The number of nitrogens with zero attached hydrogens (tertiary/aromatic N) is 1. The van der Waals surface area contributed by atoms with Crippen molar-refractivity contribution < 1.29 is 13.2 Å². The molecule has 108 valence electrons. The summed E-state index contributed by atoms with van der Waals surface area (Å²) in [5.74, 6) is -0.287. The van der Waals surface area contributed by atoms with Crippen molar-refractivity contribution in [1.29, 1.82) is 0 Å². The minimum Gasteiger partial charge on any atom is -0.382 e.